The van der Waals surface area contributed by atoms with E-state index in [0.29, 0.717) is 17.5 Å². The lowest BCUT2D eigenvalue weighted by Gasteiger charge is -2.14. The molecule has 4 aromatic heterocycles. The molecule has 312 valence electrons. The van der Waals surface area contributed by atoms with Gasteiger partial charge in [-0.15, -0.1) is 0 Å². The Morgan fingerprint density at radius 2 is 0.836 bits per heavy atom. The number of hydrogen-bond acceptors (Lipinski definition) is 6. The first-order valence-electron chi connectivity index (χ1n) is 22.4. The molecule has 13 aromatic rings. The maximum absolute atomic E-state index is 6.77. The minimum Gasteiger partial charge on any atom is -0.455 e. The van der Waals surface area contributed by atoms with Crippen molar-refractivity contribution in [2.24, 2.45) is 0 Å². The predicted octanol–water partition coefficient (Wildman–Crippen LogP) is 15.7. The van der Waals surface area contributed by atoms with E-state index in [2.05, 4.69) is 187 Å². The lowest BCUT2D eigenvalue weighted by Crippen LogP contribution is -2.01. The highest BCUT2D eigenvalue weighted by Gasteiger charge is 2.22. The van der Waals surface area contributed by atoms with Crippen LogP contribution in [0.3, 0.4) is 0 Å². The Morgan fingerprint density at radius 1 is 0.284 bits per heavy atom. The van der Waals surface area contributed by atoms with Gasteiger partial charge in [-0.3, -0.25) is 9.97 Å². The van der Waals surface area contributed by atoms with E-state index < -0.39 is 0 Å². The first kappa shape index (κ1) is 38.3. The van der Waals surface area contributed by atoms with Crippen LogP contribution in [0, 0.1) is 0 Å². The lowest BCUT2D eigenvalue weighted by molar-refractivity contribution is 0.669. The van der Waals surface area contributed by atoms with Gasteiger partial charge in [0.15, 0.2) is 17.5 Å². The molecule has 0 radical (unpaired) electrons. The first-order chi connectivity index (χ1) is 33.2. The van der Waals surface area contributed by atoms with E-state index in [0.717, 1.165) is 116 Å². The summed E-state index contributed by atoms with van der Waals surface area (Å²) in [6.07, 6.45) is 3.67. The minimum atomic E-state index is 0.528. The van der Waals surface area contributed by atoms with Crippen molar-refractivity contribution in [1.29, 1.82) is 0 Å². The van der Waals surface area contributed by atoms with Crippen molar-refractivity contribution in [3.63, 3.8) is 0 Å². The summed E-state index contributed by atoms with van der Waals surface area (Å²) >= 11 is 0. The summed E-state index contributed by atoms with van der Waals surface area (Å²) in [5, 5.41) is 6.32. The number of nitrogens with zero attached hydrogens (tertiary/aromatic N) is 5. The van der Waals surface area contributed by atoms with E-state index in [1.54, 1.807) is 0 Å². The van der Waals surface area contributed by atoms with Crippen molar-refractivity contribution in [3.05, 3.63) is 225 Å². The van der Waals surface area contributed by atoms with Crippen molar-refractivity contribution in [2.45, 2.75) is 0 Å². The largest absolute Gasteiger partial charge is 0.455 e. The van der Waals surface area contributed by atoms with Crippen LogP contribution in [0.1, 0.15) is 0 Å². The molecule has 4 heterocycles. The Labute approximate surface area is 385 Å². The standard InChI is InChI=1S/C61H37N5O/c1-2-13-38(14-3-1)39-25-31-43(32-26-39)59-64-60(51-22-10-16-40-15-4-5-19-47(40)51)66-61(65-59)54-37-45(36-53-49-21-8-9-24-55(49)67-58(53)54)48-20-7-6-18-46(48)41-27-29-42(30-28-41)52-35-44-17-11-33-62-56(44)57-50(52)23-12-34-63-57/h1-37H. The van der Waals surface area contributed by atoms with E-state index >= 15 is 0 Å². The third kappa shape index (κ3) is 6.70. The van der Waals surface area contributed by atoms with Crippen molar-refractivity contribution in [1.82, 2.24) is 24.9 Å². The highest BCUT2D eigenvalue weighted by Crippen LogP contribution is 2.43. The Balaban J connectivity index is 0.987. The molecular formula is C61H37N5O. The highest BCUT2D eigenvalue weighted by molar-refractivity contribution is 6.12. The van der Waals surface area contributed by atoms with Gasteiger partial charge in [-0.1, -0.05) is 176 Å². The molecule has 0 aliphatic carbocycles. The maximum atomic E-state index is 6.77. The molecule has 0 spiro atoms. The quantitative estimate of drug-likeness (QED) is 0.149. The Hall–Kier alpha value is -9.13. The van der Waals surface area contributed by atoms with Crippen LogP contribution in [-0.4, -0.2) is 24.9 Å². The molecule has 0 fully saturated rings. The van der Waals surface area contributed by atoms with Crippen molar-refractivity contribution >= 4 is 54.5 Å². The van der Waals surface area contributed by atoms with Gasteiger partial charge >= 0.3 is 0 Å². The van der Waals surface area contributed by atoms with Crippen molar-refractivity contribution < 1.29 is 4.42 Å². The molecule has 0 saturated carbocycles. The van der Waals surface area contributed by atoms with E-state index in [9.17, 15) is 0 Å². The molecule has 0 amide bonds. The van der Waals surface area contributed by atoms with Gasteiger partial charge in [0.2, 0.25) is 0 Å². The monoisotopic (exact) mass is 855 g/mol. The van der Waals surface area contributed by atoms with Gasteiger partial charge in [-0.25, -0.2) is 15.0 Å². The second-order valence-electron chi connectivity index (χ2n) is 16.8. The summed E-state index contributed by atoms with van der Waals surface area (Å²) in [6, 6.07) is 74.0. The molecule has 0 bridgehead atoms. The molecule has 6 heteroatoms. The van der Waals surface area contributed by atoms with Crippen LogP contribution in [0.25, 0.3) is 133 Å². The van der Waals surface area contributed by atoms with Crippen molar-refractivity contribution in [2.75, 3.05) is 0 Å². The molecule has 6 nitrogen and oxygen atoms in total. The van der Waals surface area contributed by atoms with E-state index in [1.807, 2.05) is 42.7 Å². The summed E-state index contributed by atoms with van der Waals surface area (Å²) in [7, 11) is 0. The molecule has 0 aliphatic heterocycles. The van der Waals surface area contributed by atoms with Gasteiger partial charge < -0.3 is 4.42 Å². The van der Waals surface area contributed by atoms with Crippen molar-refractivity contribution in [3.8, 4) is 78.7 Å². The zero-order chi connectivity index (χ0) is 44.3. The maximum Gasteiger partial charge on any atom is 0.167 e. The van der Waals surface area contributed by atoms with Gasteiger partial charge in [0, 0.05) is 45.1 Å². The Bertz CT molecular complexity index is 4030. The molecule has 0 saturated heterocycles. The Morgan fingerprint density at radius 3 is 1.66 bits per heavy atom. The smallest absolute Gasteiger partial charge is 0.167 e. The third-order valence-corrected chi connectivity index (χ3v) is 12.8. The number of rotatable bonds is 7. The zero-order valence-corrected chi connectivity index (χ0v) is 36.0. The topological polar surface area (TPSA) is 77.6 Å². The fraction of sp³-hybridized carbons (Fsp3) is 0. The first-order valence-corrected chi connectivity index (χ1v) is 22.4. The van der Waals surface area contributed by atoms with E-state index in [-0.39, 0.29) is 0 Å². The average Bonchev–Trinajstić information content (AvgIpc) is 3.79. The fourth-order valence-corrected chi connectivity index (χ4v) is 9.59. The van der Waals surface area contributed by atoms with Gasteiger partial charge in [0.05, 0.1) is 16.6 Å². The highest BCUT2D eigenvalue weighted by atomic mass is 16.3. The summed E-state index contributed by atoms with van der Waals surface area (Å²) in [5.74, 6) is 1.69. The molecule has 9 aromatic carbocycles. The fourth-order valence-electron chi connectivity index (χ4n) is 9.59. The van der Waals surface area contributed by atoms with E-state index in [1.165, 1.54) is 0 Å². The van der Waals surface area contributed by atoms with Gasteiger partial charge in [0.1, 0.15) is 11.2 Å². The molecule has 13 rings (SSSR count). The molecule has 0 N–H and O–H groups in total. The third-order valence-electron chi connectivity index (χ3n) is 12.8. The number of hydrogen-bond donors (Lipinski definition) is 0. The van der Waals surface area contributed by atoms with Crippen LogP contribution in [0.4, 0.5) is 0 Å². The van der Waals surface area contributed by atoms with Crippen LogP contribution in [0.5, 0.6) is 0 Å². The normalized spacial score (nSPS) is 11.6. The second kappa shape index (κ2) is 15.8. The van der Waals surface area contributed by atoms with Crippen LogP contribution < -0.4 is 0 Å². The summed E-state index contributed by atoms with van der Waals surface area (Å²) < 4.78 is 6.77. The minimum absolute atomic E-state index is 0.528. The number of benzene rings is 9. The summed E-state index contributed by atoms with van der Waals surface area (Å²) in [6.45, 7) is 0. The number of pyridine rings is 2. The van der Waals surface area contributed by atoms with Crippen LogP contribution in [0.2, 0.25) is 0 Å². The second-order valence-corrected chi connectivity index (χ2v) is 16.8. The average molecular weight is 856 g/mol. The van der Waals surface area contributed by atoms with E-state index in [4.69, 9.17) is 24.4 Å². The lowest BCUT2D eigenvalue weighted by atomic mass is 9.91. The predicted molar refractivity (Wildman–Crippen MR) is 273 cm³/mol. The van der Waals surface area contributed by atoms with Crippen LogP contribution in [0.15, 0.2) is 229 Å². The number of furan rings is 1. The van der Waals surface area contributed by atoms with Crippen LogP contribution in [-0.2, 0) is 0 Å². The number of fused-ring (bicyclic) bond motifs is 7. The Kier molecular flexibility index (Phi) is 9.06. The number of para-hydroxylation sites is 1. The molecule has 0 aliphatic rings. The summed E-state index contributed by atoms with van der Waals surface area (Å²) in [4.78, 5) is 25.3. The SMILES string of the molecule is c1ccc(-c2ccc(-c3nc(-c4cccc5ccccc45)nc(-c4cc(-c5ccccc5-c5ccc(-c6cc7cccnc7c7ncccc67)cc5)cc5c4oc4ccccc45)n3)cc2)cc1. The van der Waals surface area contributed by atoms with Gasteiger partial charge in [-0.2, -0.15) is 0 Å². The van der Waals surface area contributed by atoms with Gasteiger partial charge in [-0.05, 0) is 91.7 Å². The number of aromatic nitrogens is 5. The van der Waals surface area contributed by atoms with Gasteiger partial charge in [0.25, 0.3) is 0 Å². The summed E-state index contributed by atoms with van der Waals surface area (Å²) in [5.41, 5.74) is 14.7. The molecule has 0 atom stereocenters. The molecule has 0 unspecified atom stereocenters. The molecular weight excluding hydrogens is 819 g/mol. The molecule has 67 heavy (non-hydrogen) atoms. The zero-order valence-electron chi connectivity index (χ0n) is 36.0. The van der Waals surface area contributed by atoms with Crippen LogP contribution >= 0.6 is 0 Å².